The lowest BCUT2D eigenvalue weighted by Gasteiger charge is -2.48. The molecule has 6 heteroatoms. The molecule has 5 nitrogen and oxygen atoms in total. The molecule has 2 aromatic rings. The highest BCUT2D eigenvalue weighted by Gasteiger charge is 2.56. The fourth-order valence-corrected chi connectivity index (χ4v) is 10.4. The van der Waals surface area contributed by atoms with Gasteiger partial charge in [-0.3, -0.25) is 0 Å². The van der Waals surface area contributed by atoms with Crippen LogP contribution in [0.2, 0.25) is 5.04 Å². The number of ether oxygens (including phenoxy) is 1. The molecule has 0 bridgehead atoms. The molecular formula is C30H42O5Si. The fourth-order valence-electron chi connectivity index (χ4n) is 5.83. The number of hydrogen-bond acceptors (Lipinski definition) is 5. The molecule has 36 heavy (non-hydrogen) atoms. The van der Waals surface area contributed by atoms with E-state index in [0.717, 1.165) is 5.57 Å². The van der Waals surface area contributed by atoms with Gasteiger partial charge in [-0.2, -0.15) is 0 Å². The van der Waals surface area contributed by atoms with Crippen molar-refractivity contribution in [1.82, 2.24) is 0 Å². The summed E-state index contributed by atoms with van der Waals surface area (Å²) in [5.41, 5.74) is -1.46. The van der Waals surface area contributed by atoms with Crippen LogP contribution >= 0.6 is 0 Å². The quantitative estimate of drug-likeness (QED) is 0.300. The highest BCUT2D eigenvalue weighted by atomic mass is 28.4. The van der Waals surface area contributed by atoms with E-state index < -0.39 is 25.3 Å². The molecule has 0 heterocycles. The van der Waals surface area contributed by atoms with E-state index in [9.17, 15) is 15.0 Å². The normalized spacial score (nSPS) is 24.8. The number of carbonyl (C=O) groups excluding carboxylic acids is 1. The van der Waals surface area contributed by atoms with Gasteiger partial charge in [-0.25, -0.2) is 4.79 Å². The number of aliphatic hydroxyl groups is 2. The summed E-state index contributed by atoms with van der Waals surface area (Å²) in [6, 6.07) is 21.0. The van der Waals surface area contributed by atoms with E-state index in [4.69, 9.17) is 9.16 Å². The van der Waals surface area contributed by atoms with Crippen LogP contribution in [0.25, 0.3) is 0 Å². The lowest BCUT2D eigenvalue weighted by atomic mass is 9.61. The SMILES string of the molecule is COC(=O)[C@]1(O)C[C@H](C)C(CO[Si](c2ccccc2)(c2ccccc2)C(C)(C)C)=C[C@]1(C)CCCO. The first-order chi connectivity index (χ1) is 16.9. The minimum Gasteiger partial charge on any atom is -0.467 e. The zero-order valence-electron chi connectivity index (χ0n) is 22.6. The first-order valence-electron chi connectivity index (χ1n) is 12.8. The Labute approximate surface area is 217 Å². The van der Waals surface area contributed by atoms with Gasteiger partial charge in [0.15, 0.2) is 5.60 Å². The van der Waals surface area contributed by atoms with Crippen LogP contribution in [0.3, 0.4) is 0 Å². The number of rotatable bonds is 9. The van der Waals surface area contributed by atoms with Crippen molar-refractivity contribution in [3.8, 4) is 0 Å². The predicted octanol–water partition coefficient (Wildman–Crippen LogP) is 4.21. The third-order valence-corrected chi connectivity index (χ3v) is 12.9. The second kappa shape index (κ2) is 11.0. The molecule has 2 aromatic carbocycles. The predicted molar refractivity (Wildman–Crippen MR) is 147 cm³/mol. The number of hydrogen-bond donors (Lipinski definition) is 2. The molecule has 0 saturated carbocycles. The van der Waals surface area contributed by atoms with Crippen LogP contribution in [0.5, 0.6) is 0 Å². The van der Waals surface area contributed by atoms with Crippen LogP contribution in [-0.2, 0) is 14.0 Å². The second-order valence-corrected chi connectivity index (χ2v) is 15.7. The van der Waals surface area contributed by atoms with Crippen molar-refractivity contribution in [1.29, 1.82) is 0 Å². The number of benzene rings is 2. The second-order valence-electron chi connectivity index (χ2n) is 11.4. The molecular weight excluding hydrogens is 468 g/mol. The molecule has 2 N–H and O–H groups in total. The number of esters is 1. The van der Waals surface area contributed by atoms with Crippen molar-refractivity contribution in [3.63, 3.8) is 0 Å². The smallest absolute Gasteiger partial charge is 0.338 e. The Morgan fingerprint density at radius 2 is 1.58 bits per heavy atom. The first kappa shape index (κ1) is 28.3. The zero-order valence-corrected chi connectivity index (χ0v) is 23.6. The van der Waals surface area contributed by atoms with Crippen LogP contribution in [0.1, 0.15) is 53.9 Å². The third kappa shape index (κ3) is 5.10. The number of aliphatic hydroxyl groups excluding tert-OH is 1. The monoisotopic (exact) mass is 510 g/mol. The maximum Gasteiger partial charge on any atom is 0.338 e. The Hall–Kier alpha value is -2.25. The minimum atomic E-state index is -2.73. The molecule has 0 fully saturated rings. The standard InChI is InChI=1S/C30H42O5Si/c1-23-20-30(33,27(32)34-6)29(5,18-13-19-31)21-24(23)22-35-36(28(2,3)4,25-14-9-7-10-15-25)26-16-11-8-12-17-26/h7-12,14-17,21,23,31,33H,13,18-20,22H2,1-6H3/t23-,29-,30+/m0/s1. The van der Waals surface area contributed by atoms with Crippen molar-refractivity contribution in [2.75, 3.05) is 20.3 Å². The van der Waals surface area contributed by atoms with Gasteiger partial charge in [-0.1, -0.05) is 101 Å². The molecule has 0 spiro atoms. The van der Waals surface area contributed by atoms with Gasteiger partial charge in [0.1, 0.15) is 0 Å². The summed E-state index contributed by atoms with van der Waals surface area (Å²) >= 11 is 0. The van der Waals surface area contributed by atoms with Crippen molar-refractivity contribution in [2.45, 2.75) is 64.5 Å². The van der Waals surface area contributed by atoms with Gasteiger partial charge in [-0.05, 0) is 46.2 Å². The third-order valence-electron chi connectivity index (χ3n) is 7.93. The Balaban J connectivity index is 2.09. The van der Waals surface area contributed by atoms with Crippen LogP contribution in [-0.4, -0.2) is 50.4 Å². The average Bonchev–Trinajstić information content (AvgIpc) is 2.86. The summed E-state index contributed by atoms with van der Waals surface area (Å²) in [7, 11) is -1.43. The van der Waals surface area contributed by atoms with Gasteiger partial charge in [0.25, 0.3) is 8.32 Å². The highest BCUT2D eigenvalue weighted by molar-refractivity contribution is 6.99. The maximum absolute atomic E-state index is 12.7. The minimum absolute atomic E-state index is 0.00979. The summed E-state index contributed by atoms with van der Waals surface area (Å²) in [5, 5.41) is 23.3. The van der Waals surface area contributed by atoms with Crippen molar-refractivity contribution < 1.29 is 24.2 Å². The molecule has 0 radical (unpaired) electrons. The number of carbonyl (C=O) groups is 1. The fraction of sp³-hybridized carbons (Fsp3) is 0.500. The molecule has 0 unspecified atom stereocenters. The van der Waals surface area contributed by atoms with E-state index in [2.05, 4.69) is 69.3 Å². The Morgan fingerprint density at radius 1 is 1.06 bits per heavy atom. The molecule has 3 rings (SSSR count). The lowest BCUT2D eigenvalue weighted by molar-refractivity contribution is -0.179. The Morgan fingerprint density at radius 3 is 2.03 bits per heavy atom. The van der Waals surface area contributed by atoms with Crippen molar-refractivity contribution >= 4 is 24.7 Å². The topological polar surface area (TPSA) is 76.0 Å². The van der Waals surface area contributed by atoms with Gasteiger partial charge in [0.05, 0.1) is 13.7 Å². The summed E-state index contributed by atoms with van der Waals surface area (Å²) < 4.78 is 12.2. The maximum atomic E-state index is 12.7. The van der Waals surface area contributed by atoms with Crippen molar-refractivity contribution in [3.05, 3.63) is 72.3 Å². The van der Waals surface area contributed by atoms with Crippen LogP contribution in [0.4, 0.5) is 0 Å². The summed E-state index contributed by atoms with van der Waals surface area (Å²) in [4.78, 5) is 12.7. The van der Waals surface area contributed by atoms with E-state index >= 15 is 0 Å². The van der Waals surface area contributed by atoms with E-state index in [1.165, 1.54) is 17.5 Å². The largest absolute Gasteiger partial charge is 0.467 e. The van der Waals surface area contributed by atoms with E-state index in [0.29, 0.717) is 19.4 Å². The zero-order chi connectivity index (χ0) is 26.6. The van der Waals surface area contributed by atoms with Gasteiger partial charge >= 0.3 is 5.97 Å². The van der Waals surface area contributed by atoms with E-state index in [-0.39, 0.29) is 24.0 Å². The average molecular weight is 511 g/mol. The van der Waals surface area contributed by atoms with Gasteiger partial charge < -0.3 is 19.4 Å². The van der Waals surface area contributed by atoms with Crippen LogP contribution in [0.15, 0.2) is 72.3 Å². The lowest BCUT2D eigenvalue weighted by Crippen LogP contribution is -2.67. The molecule has 3 atom stereocenters. The highest BCUT2D eigenvalue weighted by Crippen LogP contribution is 2.49. The summed E-state index contributed by atoms with van der Waals surface area (Å²) in [6.45, 7) is 11.1. The van der Waals surface area contributed by atoms with E-state index in [1.807, 2.05) is 32.1 Å². The summed E-state index contributed by atoms with van der Waals surface area (Å²) in [5.74, 6) is -0.701. The molecule has 1 aliphatic rings. The van der Waals surface area contributed by atoms with E-state index in [1.54, 1.807) is 0 Å². The Kier molecular flexibility index (Phi) is 8.66. The van der Waals surface area contributed by atoms with Gasteiger partial charge in [0.2, 0.25) is 0 Å². The van der Waals surface area contributed by atoms with Crippen LogP contribution < -0.4 is 10.4 Å². The van der Waals surface area contributed by atoms with Crippen LogP contribution in [0, 0.1) is 11.3 Å². The summed E-state index contributed by atoms with van der Waals surface area (Å²) in [6.07, 6.45) is 3.21. The number of methoxy groups -OCH3 is 1. The van der Waals surface area contributed by atoms with Gasteiger partial charge in [-0.15, -0.1) is 0 Å². The Bertz CT molecular complexity index is 1010. The molecule has 0 amide bonds. The molecule has 0 aliphatic heterocycles. The molecule has 196 valence electrons. The van der Waals surface area contributed by atoms with Gasteiger partial charge in [0, 0.05) is 12.0 Å². The molecule has 0 aromatic heterocycles. The molecule has 0 saturated heterocycles. The molecule has 1 aliphatic carbocycles. The van der Waals surface area contributed by atoms with Crippen molar-refractivity contribution in [2.24, 2.45) is 11.3 Å². The first-order valence-corrected chi connectivity index (χ1v) is 14.7.